The molecule has 10 rings (SSSR count). The molecule has 271 valence electrons. The Kier molecular flexibility index (Phi) is 8.79. The van der Waals surface area contributed by atoms with Crippen LogP contribution < -0.4 is 0 Å². The van der Waals surface area contributed by atoms with Gasteiger partial charge in [0.2, 0.25) is 0 Å². The van der Waals surface area contributed by atoms with E-state index in [1.807, 2.05) is 22.7 Å². The summed E-state index contributed by atoms with van der Waals surface area (Å²) < 4.78 is -0.00613. The zero-order valence-corrected chi connectivity index (χ0v) is 38.2. The number of rotatable bonds is 7. The number of halogens is 2. The molecule has 0 amide bonds. The zero-order chi connectivity index (χ0) is 37.0. The minimum atomic E-state index is -5.19. The fourth-order valence-electron chi connectivity index (χ4n) is 10.7. The molecule has 0 N–H and O–H groups in total. The summed E-state index contributed by atoms with van der Waals surface area (Å²) in [6, 6.07) is 36.8. The average Bonchev–Trinajstić information content (AvgIpc) is 4.02. The number of benzene rings is 4. The van der Waals surface area contributed by atoms with E-state index >= 15 is 0 Å². The van der Waals surface area contributed by atoms with Gasteiger partial charge in [-0.25, -0.2) is 0 Å². The van der Waals surface area contributed by atoms with Gasteiger partial charge in [0.1, 0.15) is 0 Å². The van der Waals surface area contributed by atoms with Gasteiger partial charge in [-0.2, -0.15) is 0 Å². The van der Waals surface area contributed by atoms with Gasteiger partial charge in [-0.3, -0.25) is 0 Å². The molecule has 2 atom stereocenters. The van der Waals surface area contributed by atoms with Gasteiger partial charge in [0.15, 0.2) is 0 Å². The van der Waals surface area contributed by atoms with Crippen LogP contribution in [0.4, 0.5) is 0 Å². The molecule has 6 heteroatoms. The van der Waals surface area contributed by atoms with Crippen LogP contribution in [0.15, 0.2) is 97.1 Å². The molecule has 0 fully saturated rings. The Morgan fingerprint density at radius 2 is 1.00 bits per heavy atom. The molecule has 2 unspecified atom stereocenters. The van der Waals surface area contributed by atoms with Crippen LogP contribution in [0.25, 0.3) is 45.6 Å². The van der Waals surface area contributed by atoms with Crippen molar-refractivity contribution in [2.45, 2.75) is 72.7 Å². The molecule has 6 aromatic rings. The van der Waals surface area contributed by atoms with Crippen LogP contribution in [0.5, 0.6) is 0 Å². The fourth-order valence-corrected chi connectivity index (χ4v) is 43.0. The van der Waals surface area contributed by atoms with Crippen molar-refractivity contribution in [2.75, 3.05) is 0 Å². The van der Waals surface area contributed by atoms with Crippen LogP contribution in [0.1, 0.15) is 84.1 Å². The number of hydrogen-bond acceptors (Lipinski definition) is 2. The quantitative estimate of drug-likeness (QED) is 0.140. The van der Waals surface area contributed by atoms with Crippen molar-refractivity contribution in [3.63, 3.8) is 0 Å². The molecular weight excluding hydrogens is 831 g/mol. The number of allylic oxidation sites excluding steroid dienone is 2. The molecular formula is C48H45Cl2S2SiZr. The predicted octanol–water partition coefficient (Wildman–Crippen LogP) is 14.6. The molecule has 2 aromatic heterocycles. The van der Waals surface area contributed by atoms with Crippen LogP contribution in [0.3, 0.4) is 0 Å². The van der Waals surface area contributed by atoms with E-state index in [0.717, 1.165) is 25.7 Å². The molecule has 0 spiro atoms. The second-order valence-corrected chi connectivity index (χ2v) is 61.6. The standard InChI is InChI=1S/2C23H19S.C2H7Si.2ClH.Zr/c2*1-15-10-11-22(24-15)19-13-18-12-17-8-5-9-20(17)23(21(18)14-19)16-6-3-2-4-7-16;1-3-2;;;/h2*2-4,6-7,10-14H,5,8-9H2,1H3;3H,1-2H3;2*1H;/q;;;;;+2/p-2. The van der Waals surface area contributed by atoms with E-state index in [-0.39, 0.29) is 7.25 Å². The van der Waals surface area contributed by atoms with Crippen LogP contribution >= 0.6 is 39.7 Å². The van der Waals surface area contributed by atoms with E-state index in [2.05, 4.69) is 136 Å². The topological polar surface area (TPSA) is 0 Å². The van der Waals surface area contributed by atoms with Crippen LogP contribution in [0.2, 0.25) is 13.1 Å². The number of thiophene rings is 2. The summed E-state index contributed by atoms with van der Waals surface area (Å²) in [6.45, 7) is 9.48. The van der Waals surface area contributed by atoms with Gasteiger partial charge in [-0.05, 0) is 0 Å². The molecule has 0 aliphatic heterocycles. The normalized spacial score (nSPS) is 19.3. The van der Waals surface area contributed by atoms with Crippen molar-refractivity contribution < 1.29 is 15.6 Å². The number of fused-ring (bicyclic) bond motifs is 4. The van der Waals surface area contributed by atoms with Gasteiger partial charge in [0.05, 0.1) is 0 Å². The summed E-state index contributed by atoms with van der Waals surface area (Å²) in [5.41, 5.74) is 19.9. The summed E-state index contributed by atoms with van der Waals surface area (Å²) >= 11 is -1.37. The third-order valence-corrected chi connectivity index (χ3v) is 66.8. The summed E-state index contributed by atoms with van der Waals surface area (Å²) in [5, 5.41) is 0. The first-order chi connectivity index (χ1) is 26.1. The molecule has 4 aliphatic rings. The van der Waals surface area contributed by atoms with E-state index in [4.69, 9.17) is 17.0 Å². The maximum atomic E-state index is 9.16. The van der Waals surface area contributed by atoms with Gasteiger partial charge >= 0.3 is 341 Å². The van der Waals surface area contributed by atoms with Gasteiger partial charge < -0.3 is 0 Å². The molecule has 0 nitrogen and oxygen atoms in total. The minimum absolute atomic E-state index is 0.00306. The summed E-state index contributed by atoms with van der Waals surface area (Å²) in [6.07, 6.45) is 12.0. The Bertz CT molecular complexity index is 2390. The van der Waals surface area contributed by atoms with E-state index in [1.54, 1.807) is 0 Å². The number of hydrogen-bond donors (Lipinski definition) is 0. The Balaban J connectivity index is 1.30. The van der Waals surface area contributed by atoms with Gasteiger partial charge in [-0.1, -0.05) is 0 Å². The summed E-state index contributed by atoms with van der Waals surface area (Å²) in [5.74, 6) is -1.80. The molecule has 4 aliphatic carbocycles. The second kappa shape index (κ2) is 13.3. The Labute approximate surface area is 337 Å². The van der Waals surface area contributed by atoms with Crippen molar-refractivity contribution in [1.82, 2.24) is 0 Å². The molecule has 0 saturated heterocycles. The van der Waals surface area contributed by atoms with Crippen molar-refractivity contribution in [3.05, 3.63) is 161 Å². The van der Waals surface area contributed by atoms with E-state index in [1.165, 1.54) is 110 Å². The van der Waals surface area contributed by atoms with Crippen molar-refractivity contribution >= 4 is 68.9 Å². The van der Waals surface area contributed by atoms with E-state index in [0.29, 0.717) is 0 Å². The first kappa shape index (κ1) is 35.8. The zero-order valence-electron chi connectivity index (χ0n) is 31.4. The molecule has 4 aromatic carbocycles. The van der Waals surface area contributed by atoms with Crippen LogP contribution in [-0.4, -0.2) is 5.92 Å². The summed E-state index contributed by atoms with van der Waals surface area (Å²) in [4.78, 5) is 5.32. The molecule has 0 bridgehead atoms. The van der Waals surface area contributed by atoms with E-state index < -0.39 is 21.5 Å². The third-order valence-electron chi connectivity index (χ3n) is 13.2. The number of aryl methyl sites for hydroxylation is 4. The van der Waals surface area contributed by atoms with E-state index in [9.17, 15) is 0 Å². The summed E-state index contributed by atoms with van der Waals surface area (Å²) in [7, 11) is 18.3. The Morgan fingerprint density at radius 3 is 1.37 bits per heavy atom. The first-order valence-corrected chi connectivity index (χ1v) is 37.7. The van der Waals surface area contributed by atoms with Crippen LogP contribution in [0, 0.1) is 13.8 Å². The van der Waals surface area contributed by atoms with Crippen LogP contribution in [-0.2, 0) is 41.2 Å². The Hall–Kier alpha value is -2.56. The predicted molar refractivity (Wildman–Crippen MR) is 238 cm³/mol. The molecule has 2 heterocycles. The van der Waals surface area contributed by atoms with Gasteiger partial charge in [-0.15, -0.1) is 0 Å². The monoisotopic (exact) mass is 873 g/mol. The molecule has 0 saturated carbocycles. The second-order valence-electron chi connectivity index (χ2n) is 16.5. The fraction of sp³-hybridized carbons (Fsp3) is 0.250. The van der Waals surface area contributed by atoms with Crippen molar-refractivity contribution in [2.24, 2.45) is 0 Å². The van der Waals surface area contributed by atoms with Crippen molar-refractivity contribution in [3.8, 4) is 22.3 Å². The first-order valence-electron chi connectivity index (χ1n) is 19.7. The molecule has 0 radical (unpaired) electrons. The Morgan fingerprint density at radius 1 is 0.574 bits per heavy atom. The molecule has 54 heavy (non-hydrogen) atoms. The third kappa shape index (κ3) is 5.34. The SMILES string of the molecule is Cc1ccc(C2=Cc3c(cc4c(c3-c3ccccc3)CCC4)[CH]2[Zr]([Cl])([Cl])([CH]2C(c3ccc(C)s3)=Cc3c2cc2c(c3-c3ccccc3)CCC2)[SiH](C)C)s1. The van der Waals surface area contributed by atoms with Crippen molar-refractivity contribution in [1.29, 1.82) is 0 Å². The average molecular weight is 876 g/mol. The van der Waals surface area contributed by atoms with Gasteiger partial charge in [0, 0.05) is 0 Å². The maximum absolute atomic E-state index is 9.16. The van der Waals surface area contributed by atoms with Gasteiger partial charge in [0.25, 0.3) is 0 Å².